The number of nitrogens with one attached hydrogen (secondary N) is 1. The minimum absolute atomic E-state index is 0.00827. The van der Waals surface area contributed by atoms with Gasteiger partial charge in [-0.05, 0) is 46.2 Å². The molecule has 0 bridgehead atoms. The van der Waals surface area contributed by atoms with E-state index >= 15 is 0 Å². The van der Waals surface area contributed by atoms with Gasteiger partial charge in [0.25, 0.3) is 0 Å². The molecule has 0 rings (SSSR count). The number of amides is 1. The number of esters is 2. The van der Waals surface area contributed by atoms with Gasteiger partial charge in [0, 0.05) is 25.9 Å². The van der Waals surface area contributed by atoms with Gasteiger partial charge in [-0.3, -0.25) is 9.59 Å². The van der Waals surface area contributed by atoms with Crippen LogP contribution in [-0.4, -0.2) is 83.2 Å². The van der Waals surface area contributed by atoms with E-state index in [1.54, 1.807) is 0 Å². The van der Waals surface area contributed by atoms with Gasteiger partial charge in [-0.1, -0.05) is 142 Å². The van der Waals surface area contributed by atoms with Crippen molar-refractivity contribution in [2.75, 3.05) is 60.2 Å². The Bertz CT molecular complexity index is 750. The lowest BCUT2D eigenvalue weighted by Crippen LogP contribution is -2.29. The number of carbonyl (C=O) groups is 3. The van der Waals surface area contributed by atoms with Crippen LogP contribution in [0.1, 0.15) is 187 Å². The number of hydrogen-bond donors (Lipinski definition) is 1. The molecule has 0 aromatic carbocycles. The highest BCUT2D eigenvalue weighted by molar-refractivity contribution is 5.69. The van der Waals surface area contributed by atoms with Gasteiger partial charge in [-0.15, -0.1) is 0 Å². The second kappa shape index (κ2) is 39.9. The van der Waals surface area contributed by atoms with E-state index in [0.717, 1.165) is 38.6 Å². The summed E-state index contributed by atoms with van der Waals surface area (Å²) in [5.74, 6) is -0.138. The number of alkyl carbamates (subject to hydrolysis) is 1. The third-order valence-electron chi connectivity index (χ3n) is 9.01. The Kier molecular flexibility index (Phi) is 38.4. The first-order valence-corrected chi connectivity index (χ1v) is 20.9. The smallest absolute Gasteiger partial charge is 0.407 e. The maximum absolute atomic E-state index is 11.9. The lowest BCUT2D eigenvalue weighted by atomic mass is 10.0. The Labute approximate surface area is 308 Å². The van der Waals surface area contributed by atoms with Gasteiger partial charge in [0.1, 0.15) is 0 Å². The van der Waals surface area contributed by atoms with Gasteiger partial charge in [-0.25, -0.2) is 4.79 Å². The summed E-state index contributed by atoms with van der Waals surface area (Å²) in [6, 6.07) is 0. The Morgan fingerprint density at radius 2 is 0.800 bits per heavy atom. The number of likely N-dealkylation sites (N-methyl/N-ethyl adjacent to an activating group) is 1. The molecule has 0 aromatic rings. The van der Waals surface area contributed by atoms with Gasteiger partial charge in [0.05, 0.1) is 33.0 Å². The zero-order valence-corrected chi connectivity index (χ0v) is 33.1. The molecule has 1 N–H and O–H groups in total. The summed E-state index contributed by atoms with van der Waals surface area (Å²) in [7, 11) is 3.97. The maximum atomic E-state index is 11.9. The molecule has 0 spiro atoms. The monoisotopic (exact) mass is 713 g/mol. The number of nitrogens with zero attached hydrogens (tertiary/aromatic N) is 1. The molecule has 9 heteroatoms. The summed E-state index contributed by atoms with van der Waals surface area (Å²) in [4.78, 5) is 37.5. The number of carbonyl (C=O) groups excluding carboxylic acids is 3. The molecule has 296 valence electrons. The minimum Gasteiger partial charge on any atom is -0.466 e. The van der Waals surface area contributed by atoms with Crippen LogP contribution in [-0.2, 0) is 28.5 Å². The van der Waals surface area contributed by atoms with E-state index in [2.05, 4.69) is 12.2 Å². The number of hydrogen-bond acceptors (Lipinski definition) is 8. The van der Waals surface area contributed by atoms with Crippen LogP contribution < -0.4 is 5.32 Å². The van der Waals surface area contributed by atoms with Crippen molar-refractivity contribution in [1.29, 1.82) is 0 Å². The number of ether oxygens (including phenoxy) is 4. The topological polar surface area (TPSA) is 103 Å². The molecule has 0 saturated heterocycles. The zero-order chi connectivity index (χ0) is 36.6. The first kappa shape index (κ1) is 48.1. The average molecular weight is 713 g/mol. The molecule has 1 amide bonds. The van der Waals surface area contributed by atoms with Crippen LogP contribution in [0.2, 0.25) is 0 Å². The van der Waals surface area contributed by atoms with Crippen molar-refractivity contribution in [3.05, 3.63) is 0 Å². The molecule has 0 aliphatic heterocycles. The SMILES string of the molecule is CCCCCCCCCCCCOC(=O)CCCCCCCCCCCCCCCCC(=O)OCCCCOC(=O)NCCOCCN(C)C. The average Bonchev–Trinajstić information content (AvgIpc) is 3.09. The van der Waals surface area contributed by atoms with E-state index in [0.29, 0.717) is 65.3 Å². The van der Waals surface area contributed by atoms with Crippen molar-refractivity contribution in [3.63, 3.8) is 0 Å². The van der Waals surface area contributed by atoms with Crippen LogP contribution >= 0.6 is 0 Å². The lowest BCUT2D eigenvalue weighted by Gasteiger charge is -2.10. The lowest BCUT2D eigenvalue weighted by molar-refractivity contribution is -0.144. The van der Waals surface area contributed by atoms with Crippen molar-refractivity contribution >= 4 is 18.0 Å². The van der Waals surface area contributed by atoms with E-state index in [-0.39, 0.29) is 11.9 Å². The molecule has 0 atom stereocenters. The molecule has 9 nitrogen and oxygen atoms in total. The quantitative estimate of drug-likeness (QED) is 0.0382. The number of rotatable bonds is 39. The minimum atomic E-state index is -0.442. The normalized spacial score (nSPS) is 11.2. The Morgan fingerprint density at radius 1 is 0.440 bits per heavy atom. The molecule has 50 heavy (non-hydrogen) atoms. The van der Waals surface area contributed by atoms with E-state index in [4.69, 9.17) is 18.9 Å². The molecule has 0 aromatic heterocycles. The summed E-state index contributed by atoms with van der Waals surface area (Å²) >= 11 is 0. The summed E-state index contributed by atoms with van der Waals surface area (Å²) in [5.41, 5.74) is 0. The van der Waals surface area contributed by atoms with Crippen molar-refractivity contribution in [1.82, 2.24) is 10.2 Å². The second-order valence-corrected chi connectivity index (χ2v) is 14.3. The van der Waals surface area contributed by atoms with E-state index in [1.807, 2.05) is 19.0 Å². The molecular formula is C41H80N2O7. The Morgan fingerprint density at radius 3 is 1.22 bits per heavy atom. The van der Waals surface area contributed by atoms with E-state index in [1.165, 1.54) is 122 Å². The first-order chi connectivity index (χ1) is 24.5. The van der Waals surface area contributed by atoms with Crippen LogP contribution in [0.4, 0.5) is 4.79 Å². The van der Waals surface area contributed by atoms with Crippen LogP contribution in [0.5, 0.6) is 0 Å². The molecule has 0 aliphatic rings. The molecular weight excluding hydrogens is 632 g/mol. The molecule has 0 unspecified atom stereocenters. The van der Waals surface area contributed by atoms with Gasteiger partial charge in [-0.2, -0.15) is 0 Å². The highest BCUT2D eigenvalue weighted by atomic mass is 16.6. The van der Waals surface area contributed by atoms with E-state index < -0.39 is 6.09 Å². The van der Waals surface area contributed by atoms with Crippen molar-refractivity contribution < 1.29 is 33.3 Å². The number of unbranched alkanes of at least 4 members (excludes halogenated alkanes) is 23. The third kappa shape index (κ3) is 40.6. The third-order valence-corrected chi connectivity index (χ3v) is 9.01. The van der Waals surface area contributed by atoms with Crippen LogP contribution in [0.15, 0.2) is 0 Å². The van der Waals surface area contributed by atoms with Gasteiger partial charge in [0.2, 0.25) is 0 Å². The van der Waals surface area contributed by atoms with Gasteiger partial charge in [0.15, 0.2) is 0 Å². The van der Waals surface area contributed by atoms with Crippen LogP contribution in [0, 0.1) is 0 Å². The fraction of sp³-hybridized carbons (Fsp3) is 0.927. The summed E-state index contributed by atoms with van der Waals surface area (Å²) < 4.78 is 21.2. The second-order valence-electron chi connectivity index (χ2n) is 14.3. The van der Waals surface area contributed by atoms with Crippen LogP contribution in [0.3, 0.4) is 0 Å². The Balaban J connectivity index is 3.27. The van der Waals surface area contributed by atoms with Crippen molar-refractivity contribution in [3.8, 4) is 0 Å². The highest BCUT2D eigenvalue weighted by Gasteiger charge is 2.05. The predicted molar refractivity (Wildman–Crippen MR) is 206 cm³/mol. The summed E-state index contributed by atoms with van der Waals surface area (Å²) in [5, 5.41) is 2.66. The molecule has 0 aliphatic carbocycles. The summed E-state index contributed by atoms with van der Waals surface area (Å²) in [6.07, 6.45) is 31.8. The molecule has 0 saturated carbocycles. The fourth-order valence-corrected chi connectivity index (χ4v) is 5.76. The Hall–Kier alpha value is -1.87. The predicted octanol–water partition coefficient (Wildman–Crippen LogP) is 10.3. The van der Waals surface area contributed by atoms with Gasteiger partial charge >= 0.3 is 18.0 Å². The van der Waals surface area contributed by atoms with Gasteiger partial charge < -0.3 is 29.2 Å². The largest absolute Gasteiger partial charge is 0.466 e. The highest BCUT2D eigenvalue weighted by Crippen LogP contribution is 2.15. The standard InChI is InChI=1S/C41H80N2O7/c1-4-5-6-7-8-9-18-21-24-27-34-48-39(44)30-25-22-19-16-14-12-10-11-13-15-17-20-23-26-31-40(45)49-35-28-29-36-50-41(46)42-32-37-47-38-33-43(2)3/h4-38H2,1-3H3,(H,42,46). The molecule has 0 fully saturated rings. The zero-order valence-electron chi connectivity index (χ0n) is 33.1. The molecule has 0 heterocycles. The maximum Gasteiger partial charge on any atom is 0.407 e. The summed E-state index contributed by atoms with van der Waals surface area (Å²) in [6.45, 7) is 5.92. The fourth-order valence-electron chi connectivity index (χ4n) is 5.76. The van der Waals surface area contributed by atoms with Crippen molar-refractivity contribution in [2.45, 2.75) is 187 Å². The van der Waals surface area contributed by atoms with E-state index in [9.17, 15) is 14.4 Å². The van der Waals surface area contributed by atoms with Crippen LogP contribution in [0.25, 0.3) is 0 Å². The van der Waals surface area contributed by atoms with Crippen molar-refractivity contribution in [2.24, 2.45) is 0 Å². The first-order valence-electron chi connectivity index (χ1n) is 20.9. The molecule has 0 radical (unpaired) electrons.